The van der Waals surface area contributed by atoms with Crippen molar-refractivity contribution in [3.8, 4) is 0 Å². The Morgan fingerprint density at radius 3 is 2.61 bits per heavy atom. The third-order valence-electron chi connectivity index (χ3n) is 5.29. The van der Waals surface area contributed by atoms with Crippen LogP contribution in [0.15, 0.2) is 47.4 Å². The molecular formula is C21H22ClN3O7S. The smallest absolute Gasteiger partial charge is 0.310 e. The Hall–Kier alpha value is -3.02. The number of hydrogen-bond donors (Lipinski definition) is 1. The molecule has 0 radical (unpaired) electrons. The third-order valence-corrected chi connectivity index (χ3v) is 7.42. The lowest BCUT2D eigenvalue weighted by atomic mass is 10.00. The van der Waals surface area contributed by atoms with E-state index in [1.54, 1.807) is 0 Å². The summed E-state index contributed by atoms with van der Waals surface area (Å²) in [4.78, 5) is 35.2. The molecule has 1 saturated heterocycles. The van der Waals surface area contributed by atoms with E-state index in [9.17, 15) is 28.1 Å². The van der Waals surface area contributed by atoms with Crippen LogP contribution in [0.3, 0.4) is 0 Å². The van der Waals surface area contributed by atoms with Gasteiger partial charge in [-0.25, -0.2) is 8.42 Å². The van der Waals surface area contributed by atoms with Gasteiger partial charge in [0.25, 0.3) is 11.6 Å². The number of hydrogen-bond acceptors (Lipinski definition) is 7. The monoisotopic (exact) mass is 495 g/mol. The number of benzene rings is 2. The molecular weight excluding hydrogens is 474 g/mol. The molecule has 3 rings (SSSR count). The Balaban J connectivity index is 1.58. The number of carbonyl (C=O) groups excluding carboxylic acids is 2. The van der Waals surface area contributed by atoms with Crippen molar-refractivity contribution in [1.29, 1.82) is 0 Å². The van der Waals surface area contributed by atoms with E-state index in [0.29, 0.717) is 17.9 Å². The summed E-state index contributed by atoms with van der Waals surface area (Å²) in [5, 5.41) is 13.9. The summed E-state index contributed by atoms with van der Waals surface area (Å²) in [6, 6.07) is 10.0. The SMILES string of the molecule is Cc1c(NC(=O)COC(=O)C2CCCN(S(=O)(=O)c3ccc(Cl)cc3)C2)cccc1[N+](=O)[O-]. The molecule has 1 aliphatic rings. The first kappa shape index (κ1) is 24.6. The van der Waals surface area contributed by atoms with Crippen molar-refractivity contribution in [3.05, 3.63) is 63.2 Å². The average Bonchev–Trinajstić information content (AvgIpc) is 2.79. The quantitative estimate of drug-likeness (QED) is 0.354. The highest BCUT2D eigenvalue weighted by Crippen LogP contribution is 2.26. The molecule has 0 saturated carbocycles. The van der Waals surface area contributed by atoms with Gasteiger partial charge in [-0.3, -0.25) is 19.7 Å². The molecule has 1 N–H and O–H groups in total. The van der Waals surface area contributed by atoms with Gasteiger partial charge in [-0.15, -0.1) is 0 Å². The summed E-state index contributed by atoms with van der Waals surface area (Å²) in [6.45, 7) is 1.11. The Bertz CT molecular complexity index is 1170. The Labute approximate surface area is 195 Å². The number of rotatable bonds is 7. The number of halogens is 1. The minimum Gasteiger partial charge on any atom is -0.455 e. The van der Waals surface area contributed by atoms with Crippen molar-refractivity contribution >= 4 is 44.9 Å². The molecule has 0 aliphatic carbocycles. The molecule has 2 aromatic carbocycles. The maximum Gasteiger partial charge on any atom is 0.310 e. The molecule has 1 heterocycles. The first-order valence-corrected chi connectivity index (χ1v) is 11.9. The van der Waals surface area contributed by atoms with E-state index < -0.39 is 39.3 Å². The second-order valence-electron chi connectivity index (χ2n) is 7.52. The lowest BCUT2D eigenvalue weighted by molar-refractivity contribution is -0.385. The summed E-state index contributed by atoms with van der Waals surface area (Å²) in [6.07, 6.45) is 0.892. The third kappa shape index (κ3) is 5.86. The molecule has 2 aromatic rings. The average molecular weight is 496 g/mol. The van der Waals surface area contributed by atoms with Crippen molar-refractivity contribution in [2.24, 2.45) is 5.92 Å². The standard InChI is InChI=1S/C21H22ClN3O7S/c1-14-18(5-2-6-19(14)25(28)29)23-20(26)13-32-21(27)15-4-3-11-24(12-15)33(30,31)17-9-7-16(22)8-10-17/h2,5-10,15H,3-4,11-13H2,1H3,(H,23,26). The predicted octanol–water partition coefficient (Wildman–Crippen LogP) is 3.14. The number of ether oxygens (including phenoxy) is 1. The van der Waals surface area contributed by atoms with Crippen LogP contribution in [0.2, 0.25) is 5.02 Å². The van der Waals surface area contributed by atoms with E-state index in [4.69, 9.17) is 16.3 Å². The van der Waals surface area contributed by atoms with E-state index in [0.717, 1.165) is 0 Å². The fourth-order valence-corrected chi connectivity index (χ4v) is 5.16. The molecule has 12 heteroatoms. The molecule has 0 spiro atoms. The fourth-order valence-electron chi connectivity index (χ4n) is 3.51. The van der Waals surface area contributed by atoms with Gasteiger partial charge in [-0.2, -0.15) is 4.31 Å². The Morgan fingerprint density at radius 2 is 1.94 bits per heavy atom. The summed E-state index contributed by atoms with van der Waals surface area (Å²) < 4.78 is 32.0. The van der Waals surface area contributed by atoms with Gasteiger partial charge in [-0.05, 0) is 50.1 Å². The van der Waals surface area contributed by atoms with Gasteiger partial charge >= 0.3 is 5.97 Å². The van der Waals surface area contributed by atoms with Crippen molar-refractivity contribution in [1.82, 2.24) is 4.31 Å². The molecule has 1 unspecified atom stereocenters. The number of carbonyl (C=O) groups is 2. The van der Waals surface area contributed by atoms with Crippen LogP contribution in [0.25, 0.3) is 0 Å². The van der Waals surface area contributed by atoms with Crippen molar-refractivity contribution in [2.75, 3.05) is 25.0 Å². The molecule has 1 aliphatic heterocycles. The first-order chi connectivity index (χ1) is 15.6. The van der Waals surface area contributed by atoms with Gasteiger partial charge < -0.3 is 10.1 Å². The van der Waals surface area contributed by atoms with Crippen LogP contribution in [0.4, 0.5) is 11.4 Å². The topological polar surface area (TPSA) is 136 Å². The van der Waals surface area contributed by atoms with Crippen LogP contribution in [0, 0.1) is 23.0 Å². The summed E-state index contributed by atoms with van der Waals surface area (Å²) >= 11 is 5.82. The van der Waals surface area contributed by atoms with E-state index in [-0.39, 0.29) is 34.9 Å². The molecule has 1 amide bonds. The minimum absolute atomic E-state index is 0.0601. The van der Waals surface area contributed by atoms with Gasteiger partial charge in [0.15, 0.2) is 6.61 Å². The molecule has 1 atom stereocenters. The number of nitrogens with one attached hydrogen (secondary N) is 1. The molecule has 176 valence electrons. The van der Waals surface area contributed by atoms with Crippen molar-refractivity contribution < 1.29 is 27.7 Å². The fraction of sp³-hybridized carbons (Fsp3) is 0.333. The normalized spacial score (nSPS) is 16.7. The first-order valence-electron chi connectivity index (χ1n) is 10.1. The van der Waals surface area contributed by atoms with Crippen molar-refractivity contribution in [3.63, 3.8) is 0 Å². The second kappa shape index (κ2) is 10.3. The van der Waals surface area contributed by atoms with E-state index >= 15 is 0 Å². The highest BCUT2D eigenvalue weighted by atomic mass is 35.5. The maximum absolute atomic E-state index is 12.9. The van der Waals surface area contributed by atoms with Crippen LogP contribution < -0.4 is 5.32 Å². The number of sulfonamides is 1. The molecule has 10 nitrogen and oxygen atoms in total. The van der Waals surface area contributed by atoms with E-state index in [1.807, 2.05) is 0 Å². The molecule has 1 fully saturated rings. The molecule has 0 aromatic heterocycles. The van der Waals surface area contributed by atoms with Gasteiger partial charge in [0, 0.05) is 24.2 Å². The van der Waals surface area contributed by atoms with Gasteiger partial charge in [0.2, 0.25) is 10.0 Å². The van der Waals surface area contributed by atoms with Crippen LogP contribution in [0.5, 0.6) is 0 Å². The number of nitrogens with zero attached hydrogens (tertiary/aromatic N) is 2. The lowest BCUT2D eigenvalue weighted by Gasteiger charge is -2.30. The minimum atomic E-state index is -3.80. The Kier molecular flexibility index (Phi) is 7.67. The number of amides is 1. The zero-order chi connectivity index (χ0) is 24.2. The summed E-state index contributed by atoms with van der Waals surface area (Å²) in [5.41, 5.74) is 0.370. The van der Waals surface area contributed by atoms with E-state index in [2.05, 4.69) is 5.32 Å². The van der Waals surface area contributed by atoms with Gasteiger partial charge in [0.1, 0.15) is 0 Å². The zero-order valence-electron chi connectivity index (χ0n) is 17.7. The number of esters is 1. The van der Waals surface area contributed by atoms with Gasteiger partial charge in [0.05, 0.1) is 27.0 Å². The predicted molar refractivity (Wildman–Crippen MR) is 120 cm³/mol. The van der Waals surface area contributed by atoms with E-state index in [1.165, 1.54) is 53.7 Å². The van der Waals surface area contributed by atoms with Crippen LogP contribution >= 0.6 is 11.6 Å². The number of nitro groups is 1. The van der Waals surface area contributed by atoms with Crippen LogP contribution in [-0.4, -0.2) is 49.2 Å². The van der Waals surface area contributed by atoms with Crippen LogP contribution in [0.1, 0.15) is 18.4 Å². The summed E-state index contributed by atoms with van der Waals surface area (Å²) in [5.74, 6) is -2.06. The van der Waals surface area contributed by atoms with Crippen molar-refractivity contribution in [2.45, 2.75) is 24.7 Å². The second-order valence-corrected chi connectivity index (χ2v) is 9.89. The molecule has 33 heavy (non-hydrogen) atoms. The summed E-state index contributed by atoms with van der Waals surface area (Å²) in [7, 11) is -3.80. The maximum atomic E-state index is 12.9. The highest BCUT2D eigenvalue weighted by Gasteiger charge is 2.34. The van der Waals surface area contributed by atoms with Gasteiger partial charge in [-0.1, -0.05) is 17.7 Å². The highest BCUT2D eigenvalue weighted by molar-refractivity contribution is 7.89. The zero-order valence-corrected chi connectivity index (χ0v) is 19.3. The largest absolute Gasteiger partial charge is 0.455 e. The Morgan fingerprint density at radius 1 is 1.24 bits per heavy atom. The lowest BCUT2D eigenvalue weighted by Crippen LogP contribution is -2.43. The number of piperidine rings is 1. The van der Waals surface area contributed by atoms with Crippen LogP contribution in [-0.2, 0) is 24.3 Å². The number of anilines is 1. The molecule has 0 bridgehead atoms. The number of nitro benzene ring substituents is 1.